The van der Waals surface area contributed by atoms with Crippen LogP contribution in [0.2, 0.25) is 0 Å². The van der Waals surface area contributed by atoms with E-state index in [-0.39, 0.29) is 5.56 Å². The normalized spacial score (nSPS) is 10.6. The maximum absolute atomic E-state index is 11.6. The van der Waals surface area contributed by atoms with Crippen LogP contribution in [-0.4, -0.2) is 34.6 Å². The molecule has 1 aromatic heterocycles. The van der Waals surface area contributed by atoms with Crippen LogP contribution >= 0.6 is 27.7 Å². The molecule has 0 saturated heterocycles. The predicted molar refractivity (Wildman–Crippen MR) is 101 cm³/mol. The van der Waals surface area contributed by atoms with Crippen LogP contribution in [0.5, 0.6) is 0 Å². The highest BCUT2D eigenvalue weighted by Gasteiger charge is 2.12. The Labute approximate surface area is 151 Å². The number of thioether (sulfide) groups is 1. The average molecular weight is 408 g/mol. The third kappa shape index (κ3) is 4.77. The molecule has 0 aliphatic carbocycles. The summed E-state index contributed by atoms with van der Waals surface area (Å²) in [5.74, 6) is -0.289. The summed E-state index contributed by atoms with van der Waals surface area (Å²) in [4.78, 5) is 19.9. The van der Waals surface area contributed by atoms with Crippen molar-refractivity contribution in [3.8, 4) is 0 Å². The van der Waals surface area contributed by atoms with Gasteiger partial charge < -0.3 is 16.5 Å². The monoisotopic (exact) mass is 407 g/mol. The van der Waals surface area contributed by atoms with Crippen LogP contribution in [0.1, 0.15) is 10.4 Å². The van der Waals surface area contributed by atoms with Gasteiger partial charge in [0.15, 0.2) is 5.16 Å². The molecular weight excluding hydrogens is 394 g/mol. The summed E-state index contributed by atoms with van der Waals surface area (Å²) < 4.78 is 0.792. The van der Waals surface area contributed by atoms with Crippen LogP contribution in [0, 0.1) is 5.41 Å². The Morgan fingerprint density at radius 1 is 1.42 bits per heavy atom. The molecule has 0 unspecified atom stereocenters. The van der Waals surface area contributed by atoms with E-state index in [2.05, 4.69) is 41.7 Å². The molecule has 0 radical (unpaired) electrons. The fraction of sp³-hybridized carbons (Fsp3) is 0.0714. The summed E-state index contributed by atoms with van der Waals surface area (Å²) in [5.41, 5.74) is 9.72. The second-order valence-corrected chi connectivity index (χ2v) is 6.08. The first-order valence-corrected chi connectivity index (χ1v) is 8.62. The molecule has 0 aliphatic rings. The van der Waals surface area contributed by atoms with Crippen LogP contribution < -0.4 is 16.5 Å². The Morgan fingerprint density at radius 2 is 2.17 bits per heavy atom. The maximum atomic E-state index is 11.6. The van der Waals surface area contributed by atoms with E-state index < -0.39 is 5.91 Å². The number of aromatic nitrogens is 2. The van der Waals surface area contributed by atoms with Gasteiger partial charge >= 0.3 is 0 Å². The Hall–Kier alpha value is -2.46. The van der Waals surface area contributed by atoms with Crippen molar-refractivity contribution in [2.45, 2.75) is 5.16 Å². The van der Waals surface area contributed by atoms with E-state index in [0.717, 1.165) is 10.7 Å². The molecule has 10 heteroatoms. The van der Waals surface area contributed by atoms with Gasteiger partial charge in [-0.1, -0.05) is 27.7 Å². The SMILES string of the molecule is CSc1ncc(C(N)=O)c(Nc2cc(Br)cc(N/N=C\C=N)c2)n1. The molecule has 0 bridgehead atoms. The van der Waals surface area contributed by atoms with Gasteiger partial charge in [-0.25, -0.2) is 9.97 Å². The van der Waals surface area contributed by atoms with E-state index >= 15 is 0 Å². The number of benzene rings is 1. The molecule has 5 N–H and O–H groups in total. The van der Waals surface area contributed by atoms with Crippen molar-refractivity contribution in [2.75, 3.05) is 17.0 Å². The number of halogens is 1. The summed E-state index contributed by atoms with van der Waals surface area (Å²) in [6.45, 7) is 0. The van der Waals surface area contributed by atoms with Gasteiger partial charge in [-0.15, -0.1) is 0 Å². The van der Waals surface area contributed by atoms with Crippen molar-refractivity contribution in [3.63, 3.8) is 0 Å². The molecule has 2 aromatic rings. The van der Waals surface area contributed by atoms with E-state index in [0.29, 0.717) is 22.3 Å². The fourth-order valence-electron chi connectivity index (χ4n) is 1.75. The number of primary amides is 1. The Kier molecular flexibility index (Phi) is 6.27. The van der Waals surface area contributed by atoms with Gasteiger partial charge in [-0.05, 0) is 24.5 Å². The lowest BCUT2D eigenvalue weighted by Crippen LogP contribution is -2.15. The highest BCUT2D eigenvalue weighted by atomic mass is 79.9. The van der Waals surface area contributed by atoms with Gasteiger partial charge in [0.2, 0.25) is 0 Å². The molecule has 0 spiro atoms. The van der Waals surface area contributed by atoms with Crippen LogP contribution in [0.3, 0.4) is 0 Å². The first-order chi connectivity index (χ1) is 11.5. The van der Waals surface area contributed by atoms with E-state index in [1.165, 1.54) is 24.2 Å². The fourth-order valence-corrected chi connectivity index (χ4v) is 2.59. The second kappa shape index (κ2) is 8.41. The molecule has 0 aliphatic heterocycles. The lowest BCUT2D eigenvalue weighted by Gasteiger charge is -2.11. The number of rotatable bonds is 7. The minimum atomic E-state index is -0.617. The molecule has 1 aromatic carbocycles. The second-order valence-electron chi connectivity index (χ2n) is 4.39. The van der Waals surface area contributed by atoms with Gasteiger partial charge in [0, 0.05) is 22.6 Å². The van der Waals surface area contributed by atoms with E-state index in [1.54, 1.807) is 6.07 Å². The predicted octanol–water partition coefficient (Wildman–Crippen LogP) is 2.85. The number of hydrazone groups is 1. The number of hydrogen-bond donors (Lipinski definition) is 4. The summed E-state index contributed by atoms with van der Waals surface area (Å²) in [6.07, 6.45) is 5.61. The van der Waals surface area contributed by atoms with Crippen molar-refractivity contribution in [1.82, 2.24) is 9.97 Å². The van der Waals surface area contributed by atoms with Crippen molar-refractivity contribution < 1.29 is 4.79 Å². The first kappa shape index (κ1) is 17.9. The van der Waals surface area contributed by atoms with Gasteiger partial charge in [-0.2, -0.15) is 5.10 Å². The Balaban J connectivity index is 2.35. The summed E-state index contributed by atoms with van der Waals surface area (Å²) >= 11 is 4.76. The van der Waals surface area contributed by atoms with Crippen molar-refractivity contribution in [1.29, 1.82) is 5.41 Å². The van der Waals surface area contributed by atoms with Crippen LogP contribution in [0.4, 0.5) is 17.2 Å². The number of carbonyl (C=O) groups is 1. The molecule has 1 heterocycles. The maximum Gasteiger partial charge on any atom is 0.254 e. The summed E-state index contributed by atoms with van der Waals surface area (Å²) in [7, 11) is 0. The quantitative estimate of drug-likeness (QED) is 0.241. The van der Waals surface area contributed by atoms with Crippen molar-refractivity contribution in [2.24, 2.45) is 10.8 Å². The lowest BCUT2D eigenvalue weighted by atomic mass is 10.2. The minimum absolute atomic E-state index is 0.198. The number of amides is 1. The molecule has 1 amide bonds. The highest BCUT2D eigenvalue weighted by molar-refractivity contribution is 9.10. The third-order valence-electron chi connectivity index (χ3n) is 2.72. The van der Waals surface area contributed by atoms with Gasteiger partial charge in [0.1, 0.15) is 11.4 Å². The number of hydrogen-bond acceptors (Lipinski definition) is 8. The number of nitrogens with one attached hydrogen (secondary N) is 3. The molecule has 124 valence electrons. The Morgan fingerprint density at radius 3 is 2.83 bits per heavy atom. The van der Waals surface area contributed by atoms with Crippen LogP contribution in [-0.2, 0) is 0 Å². The number of nitrogens with two attached hydrogens (primary N) is 1. The van der Waals surface area contributed by atoms with Gasteiger partial charge in [-0.3, -0.25) is 10.2 Å². The lowest BCUT2D eigenvalue weighted by molar-refractivity contribution is 0.100. The van der Waals surface area contributed by atoms with Crippen molar-refractivity contribution in [3.05, 3.63) is 34.4 Å². The first-order valence-electron chi connectivity index (χ1n) is 6.60. The molecular formula is C14H14BrN7OS. The van der Waals surface area contributed by atoms with Crippen LogP contribution in [0.25, 0.3) is 0 Å². The zero-order valence-electron chi connectivity index (χ0n) is 12.6. The van der Waals surface area contributed by atoms with Gasteiger partial charge in [0.25, 0.3) is 5.91 Å². The van der Waals surface area contributed by atoms with Crippen molar-refractivity contribution >= 4 is 63.2 Å². The molecule has 8 nitrogen and oxygen atoms in total. The number of carbonyl (C=O) groups excluding carboxylic acids is 1. The average Bonchev–Trinajstić information content (AvgIpc) is 2.54. The summed E-state index contributed by atoms with van der Waals surface area (Å²) in [5, 5.41) is 14.3. The summed E-state index contributed by atoms with van der Waals surface area (Å²) in [6, 6.07) is 5.41. The minimum Gasteiger partial charge on any atom is -0.365 e. The number of nitrogens with zero attached hydrogens (tertiary/aromatic N) is 3. The third-order valence-corrected chi connectivity index (χ3v) is 3.74. The molecule has 2 rings (SSSR count). The smallest absolute Gasteiger partial charge is 0.254 e. The molecule has 24 heavy (non-hydrogen) atoms. The largest absolute Gasteiger partial charge is 0.365 e. The van der Waals surface area contributed by atoms with E-state index in [9.17, 15) is 4.79 Å². The highest BCUT2D eigenvalue weighted by Crippen LogP contribution is 2.27. The zero-order chi connectivity index (χ0) is 17.5. The molecule has 0 fully saturated rings. The number of anilines is 3. The van der Waals surface area contributed by atoms with E-state index in [4.69, 9.17) is 11.1 Å². The Bertz CT molecular complexity index is 797. The zero-order valence-corrected chi connectivity index (χ0v) is 15.0. The molecule has 0 saturated carbocycles. The van der Waals surface area contributed by atoms with Crippen LogP contribution in [0.15, 0.2) is 39.1 Å². The van der Waals surface area contributed by atoms with E-state index in [1.807, 2.05) is 18.4 Å². The topological polar surface area (TPSA) is 129 Å². The molecule has 0 atom stereocenters. The standard InChI is InChI=1S/C14H14BrN7OS/c1-24-14-18-7-11(12(17)23)13(21-14)20-9-4-8(15)5-10(6-9)22-19-3-2-16/h2-7,16,22H,1H3,(H2,17,23)(H,18,20,21)/b16-2?,19-3-. The van der Waals surface area contributed by atoms with Gasteiger partial charge in [0.05, 0.1) is 11.9 Å².